The van der Waals surface area contributed by atoms with E-state index in [2.05, 4.69) is 36.9 Å². The SMILES string of the molecule is CCCCN(Cc1ccc(C(=O)OC)c(-c2ccccc2C)c1)Cc1ccco1. The molecule has 0 aliphatic carbocycles. The third-order valence-electron chi connectivity index (χ3n) is 5.12. The van der Waals surface area contributed by atoms with Gasteiger partial charge in [-0.1, -0.05) is 43.7 Å². The number of carbonyl (C=O) groups is 1. The normalized spacial score (nSPS) is 11.0. The molecule has 152 valence electrons. The number of hydrogen-bond acceptors (Lipinski definition) is 4. The van der Waals surface area contributed by atoms with Crippen molar-refractivity contribution in [2.75, 3.05) is 13.7 Å². The lowest BCUT2D eigenvalue weighted by Crippen LogP contribution is -2.24. The van der Waals surface area contributed by atoms with E-state index in [1.54, 1.807) is 6.26 Å². The monoisotopic (exact) mass is 391 g/mol. The van der Waals surface area contributed by atoms with Crippen LogP contribution < -0.4 is 0 Å². The van der Waals surface area contributed by atoms with Gasteiger partial charge in [0, 0.05) is 6.54 Å². The summed E-state index contributed by atoms with van der Waals surface area (Å²) in [6.07, 6.45) is 3.99. The molecule has 0 radical (unpaired) electrons. The lowest BCUT2D eigenvalue weighted by molar-refractivity contribution is 0.0601. The third kappa shape index (κ3) is 5.36. The fourth-order valence-corrected chi connectivity index (χ4v) is 3.55. The van der Waals surface area contributed by atoms with Crippen molar-refractivity contribution in [1.29, 1.82) is 0 Å². The zero-order valence-corrected chi connectivity index (χ0v) is 17.5. The van der Waals surface area contributed by atoms with E-state index in [9.17, 15) is 4.79 Å². The standard InChI is InChI=1S/C25H29NO3/c1-4-5-14-26(18-21-10-8-15-29-21)17-20-12-13-23(25(27)28-3)24(16-20)22-11-7-6-9-19(22)2/h6-13,15-16H,4-5,14,17-18H2,1-3H3. The Hall–Kier alpha value is -2.85. The first-order chi connectivity index (χ1) is 14.1. The van der Waals surface area contributed by atoms with Crippen LogP contribution in [0.4, 0.5) is 0 Å². The second-order valence-corrected chi connectivity index (χ2v) is 7.33. The number of ether oxygens (including phenoxy) is 1. The largest absolute Gasteiger partial charge is 0.468 e. The van der Waals surface area contributed by atoms with Gasteiger partial charge in [-0.3, -0.25) is 4.90 Å². The molecule has 3 rings (SSSR count). The minimum atomic E-state index is -0.312. The Labute approximate surface area is 173 Å². The number of methoxy groups -OCH3 is 1. The van der Waals surface area contributed by atoms with Crippen LogP contribution in [-0.4, -0.2) is 24.5 Å². The summed E-state index contributed by atoms with van der Waals surface area (Å²) in [7, 11) is 1.42. The van der Waals surface area contributed by atoms with Crippen molar-refractivity contribution in [3.05, 3.63) is 83.3 Å². The van der Waals surface area contributed by atoms with E-state index in [0.717, 1.165) is 54.9 Å². The number of unbranched alkanes of at least 4 members (excludes halogenated alkanes) is 1. The van der Waals surface area contributed by atoms with E-state index in [4.69, 9.17) is 9.15 Å². The number of rotatable bonds is 9. The molecule has 0 aliphatic heterocycles. The molecule has 4 nitrogen and oxygen atoms in total. The van der Waals surface area contributed by atoms with E-state index in [0.29, 0.717) is 5.56 Å². The molecular weight excluding hydrogens is 362 g/mol. The van der Waals surface area contributed by atoms with Gasteiger partial charge < -0.3 is 9.15 Å². The van der Waals surface area contributed by atoms with Gasteiger partial charge in [-0.25, -0.2) is 4.79 Å². The van der Waals surface area contributed by atoms with E-state index < -0.39 is 0 Å². The van der Waals surface area contributed by atoms with Crippen LogP contribution in [-0.2, 0) is 17.8 Å². The summed E-state index contributed by atoms with van der Waals surface area (Å²) in [5, 5.41) is 0. The summed E-state index contributed by atoms with van der Waals surface area (Å²) in [6.45, 7) is 6.82. The van der Waals surface area contributed by atoms with Crippen LogP contribution in [0.15, 0.2) is 65.3 Å². The quantitative estimate of drug-likeness (QED) is 0.430. The second-order valence-electron chi connectivity index (χ2n) is 7.33. The molecule has 3 aromatic rings. The minimum Gasteiger partial charge on any atom is -0.468 e. The van der Waals surface area contributed by atoms with Crippen molar-refractivity contribution in [2.24, 2.45) is 0 Å². The Kier molecular flexibility index (Phi) is 7.25. The van der Waals surface area contributed by atoms with Crippen LogP contribution in [0.1, 0.15) is 47.0 Å². The van der Waals surface area contributed by atoms with Gasteiger partial charge in [0.1, 0.15) is 5.76 Å². The Morgan fingerprint density at radius 3 is 2.55 bits per heavy atom. The predicted octanol–water partition coefficient (Wildman–Crippen LogP) is 5.84. The molecule has 0 atom stereocenters. The maximum atomic E-state index is 12.4. The van der Waals surface area contributed by atoms with Crippen molar-refractivity contribution < 1.29 is 13.9 Å². The van der Waals surface area contributed by atoms with Crippen LogP contribution >= 0.6 is 0 Å². The summed E-state index contributed by atoms with van der Waals surface area (Å²) in [6, 6.07) is 18.1. The summed E-state index contributed by atoms with van der Waals surface area (Å²) in [4.78, 5) is 14.7. The van der Waals surface area contributed by atoms with Gasteiger partial charge in [0.05, 0.1) is 25.5 Å². The van der Waals surface area contributed by atoms with E-state index in [1.165, 1.54) is 12.7 Å². The zero-order valence-electron chi connectivity index (χ0n) is 17.5. The molecule has 0 aliphatic rings. The molecule has 29 heavy (non-hydrogen) atoms. The molecule has 0 unspecified atom stereocenters. The summed E-state index contributed by atoms with van der Waals surface area (Å²) >= 11 is 0. The Balaban J connectivity index is 1.93. The number of esters is 1. The highest BCUT2D eigenvalue weighted by molar-refractivity contribution is 5.97. The lowest BCUT2D eigenvalue weighted by atomic mass is 9.94. The zero-order chi connectivity index (χ0) is 20.6. The Morgan fingerprint density at radius 2 is 1.86 bits per heavy atom. The summed E-state index contributed by atoms with van der Waals surface area (Å²) < 4.78 is 10.6. The first kappa shape index (κ1) is 20.9. The van der Waals surface area contributed by atoms with Crippen molar-refractivity contribution in [1.82, 2.24) is 4.90 Å². The molecule has 0 N–H and O–H groups in total. The molecular formula is C25H29NO3. The van der Waals surface area contributed by atoms with Gasteiger partial charge in [0.2, 0.25) is 0 Å². The van der Waals surface area contributed by atoms with Crippen LogP contribution in [0.3, 0.4) is 0 Å². The molecule has 0 amide bonds. The molecule has 1 aromatic heterocycles. The Bertz CT molecular complexity index is 931. The third-order valence-corrected chi connectivity index (χ3v) is 5.12. The van der Waals surface area contributed by atoms with Gasteiger partial charge in [0.25, 0.3) is 0 Å². The highest BCUT2D eigenvalue weighted by atomic mass is 16.5. The van der Waals surface area contributed by atoms with E-state index in [-0.39, 0.29) is 5.97 Å². The molecule has 0 fully saturated rings. The first-order valence-corrected chi connectivity index (χ1v) is 10.1. The molecule has 4 heteroatoms. The molecule has 2 aromatic carbocycles. The minimum absolute atomic E-state index is 0.312. The Morgan fingerprint density at radius 1 is 1.03 bits per heavy atom. The van der Waals surface area contributed by atoms with Gasteiger partial charge in [0.15, 0.2) is 0 Å². The number of carbonyl (C=O) groups excluding carboxylic acids is 1. The highest BCUT2D eigenvalue weighted by Crippen LogP contribution is 2.29. The average molecular weight is 392 g/mol. The van der Waals surface area contributed by atoms with Gasteiger partial charge in [-0.2, -0.15) is 0 Å². The van der Waals surface area contributed by atoms with Gasteiger partial charge in [-0.15, -0.1) is 0 Å². The van der Waals surface area contributed by atoms with Crippen LogP contribution in [0.2, 0.25) is 0 Å². The van der Waals surface area contributed by atoms with Gasteiger partial charge >= 0.3 is 5.97 Å². The number of benzene rings is 2. The van der Waals surface area contributed by atoms with Crippen molar-refractivity contribution >= 4 is 5.97 Å². The number of aryl methyl sites for hydroxylation is 1. The topological polar surface area (TPSA) is 42.7 Å². The lowest BCUT2D eigenvalue weighted by Gasteiger charge is -2.22. The van der Waals surface area contributed by atoms with E-state index >= 15 is 0 Å². The van der Waals surface area contributed by atoms with Crippen LogP contribution in [0, 0.1) is 6.92 Å². The van der Waals surface area contributed by atoms with Crippen LogP contribution in [0.5, 0.6) is 0 Å². The van der Waals surface area contributed by atoms with Crippen molar-refractivity contribution in [3.63, 3.8) is 0 Å². The average Bonchev–Trinajstić information content (AvgIpc) is 3.25. The van der Waals surface area contributed by atoms with Crippen molar-refractivity contribution in [2.45, 2.75) is 39.8 Å². The molecule has 1 heterocycles. The number of nitrogens with zero attached hydrogens (tertiary/aromatic N) is 1. The van der Waals surface area contributed by atoms with Crippen molar-refractivity contribution in [3.8, 4) is 11.1 Å². The van der Waals surface area contributed by atoms with E-state index in [1.807, 2.05) is 36.4 Å². The fraction of sp³-hybridized carbons (Fsp3) is 0.320. The van der Waals surface area contributed by atoms with Gasteiger partial charge in [-0.05, 0) is 66.4 Å². The molecule has 0 spiro atoms. The fourth-order valence-electron chi connectivity index (χ4n) is 3.55. The maximum Gasteiger partial charge on any atom is 0.338 e. The second kappa shape index (κ2) is 10.1. The highest BCUT2D eigenvalue weighted by Gasteiger charge is 2.17. The predicted molar refractivity (Wildman–Crippen MR) is 116 cm³/mol. The maximum absolute atomic E-state index is 12.4. The smallest absolute Gasteiger partial charge is 0.338 e. The van der Waals surface area contributed by atoms with Crippen LogP contribution in [0.25, 0.3) is 11.1 Å². The first-order valence-electron chi connectivity index (χ1n) is 10.1. The molecule has 0 saturated heterocycles. The summed E-state index contributed by atoms with van der Waals surface area (Å²) in [5.74, 6) is 0.652. The number of hydrogen-bond donors (Lipinski definition) is 0. The summed E-state index contributed by atoms with van der Waals surface area (Å²) in [5.41, 5.74) is 4.87. The number of furan rings is 1. The molecule has 0 saturated carbocycles. The molecule has 0 bridgehead atoms.